The van der Waals surface area contributed by atoms with Crippen molar-refractivity contribution < 1.29 is 14.3 Å². The van der Waals surface area contributed by atoms with Crippen LogP contribution in [-0.2, 0) is 0 Å². The number of nitrogens with one attached hydrogen (secondary N) is 1. The second-order valence-electron chi connectivity index (χ2n) is 5.27. The Kier molecular flexibility index (Phi) is 5.29. The van der Waals surface area contributed by atoms with Crippen molar-refractivity contribution in [3.8, 4) is 11.5 Å². The zero-order valence-electron chi connectivity index (χ0n) is 11.8. The number of para-hydroxylation sites is 1. The maximum atomic E-state index is 12.2. The number of fused-ring (bicyclic) bond motifs is 1. The molecule has 1 N–H and O–H groups in total. The van der Waals surface area contributed by atoms with E-state index in [0.29, 0.717) is 42.7 Å². The summed E-state index contributed by atoms with van der Waals surface area (Å²) in [6.45, 7) is 5.92. The number of benzene rings is 1. The first-order valence-electron chi connectivity index (χ1n) is 6.88. The topological polar surface area (TPSA) is 47.6 Å². The van der Waals surface area contributed by atoms with E-state index < -0.39 is 0 Å². The van der Waals surface area contributed by atoms with E-state index in [2.05, 4.69) is 35.1 Å². The summed E-state index contributed by atoms with van der Waals surface area (Å²) in [5.41, 5.74) is 0.534. The molecule has 0 fully saturated rings. The number of rotatable bonds is 5. The van der Waals surface area contributed by atoms with Crippen LogP contribution in [0.5, 0.6) is 11.5 Å². The van der Waals surface area contributed by atoms with Gasteiger partial charge >= 0.3 is 0 Å². The van der Waals surface area contributed by atoms with Crippen molar-refractivity contribution >= 4 is 21.8 Å². The lowest BCUT2D eigenvalue weighted by atomic mass is 10.1. The zero-order chi connectivity index (χ0) is 14.5. The van der Waals surface area contributed by atoms with Crippen LogP contribution >= 0.6 is 15.9 Å². The maximum absolute atomic E-state index is 12.2. The highest BCUT2D eigenvalue weighted by atomic mass is 79.9. The van der Waals surface area contributed by atoms with Crippen LogP contribution in [0, 0.1) is 5.92 Å². The molecule has 0 bridgehead atoms. The van der Waals surface area contributed by atoms with Gasteiger partial charge in [-0.2, -0.15) is 0 Å². The molecule has 1 aliphatic heterocycles. The molecule has 0 saturated carbocycles. The van der Waals surface area contributed by atoms with Gasteiger partial charge in [0.1, 0.15) is 13.2 Å². The van der Waals surface area contributed by atoms with Crippen LogP contribution in [0.25, 0.3) is 0 Å². The molecular weight excluding hydrogens is 322 g/mol. The zero-order valence-corrected chi connectivity index (χ0v) is 13.4. The average molecular weight is 342 g/mol. The third-order valence-corrected chi connectivity index (χ3v) is 3.72. The predicted molar refractivity (Wildman–Crippen MR) is 81.9 cm³/mol. The molecule has 5 heteroatoms. The van der Waals surface area contributed by atoms with Gasteiger partial charge in [0.2, 0.25) is 0 Å². The van der Waals surface area contributed by atoms with Crippen molar-refractivity contribution in [2.75, 3.05) is 19.8 Å². The number of alkyl halides is 1. The van der Waals surface area contributed by atoms with E-state index in [1.807, 2.05) is 12.1 Å². The Morgan fingerprint density at radius 3 is 2.85 bits per heavy atom. The molecule has 2 rings (SSSR count). The first kappa shape index (κ1) is 15.2. The van der Waals surface area contributed by atoms with E-state index in [1.54, 1.807) is 6.07 Å². The number of halogens is 1. The molecule has 1 unspecified atom stereocenters. The molecule has 1 aromatic rings. The second-order valence-corrected chi connectivity index (χ2v) is 6.56. The van der Waals surface area contributed by atoms with Gasteiger partial charge in [-0.15, -0.1) is 0 Å². The Morgan fingerprint density at radius 1 is 1.35 bits per heavy atom. The van der Waals surface area contributed by atoms with E-state index in [0.717, 1.165) is 6.42 Å². The van der Waals surface area contributed by atoms with Gasteiger partial charge in [0.15, 0.2) is 11.5 Å². The van der Waals surface area contributed by atoms with E-state index >= 15 is 0 Å². The van der Waals surface area contributed by atoms with Gasteiger partial charge in [0.05, 0.1) is 5.56 Å². The summed E-state index contributed by atoms with van der Waals surface area (Å²) in [6, 6.07) is 5.38. The van der Waals surface area contributed by atoms with Gasteiger partial charge in [-0.3, -0.25) is 4.79 Å². The Hall–Kier alpha value is -1.23. The fourth-order valence-electron chi connectivity index (χ4n) is 2.15. The van der Waals surface area contributed by atoms with Crippen LogP contribution in [-0.4, -0.2) is 30.5 Å². The number of hydrogen-bond donors (Lipinski definition) is 1. The number of carbonyl (C=O) groups excluding carboxylic acids is 1. The summed E-state index contributed by atoms with van der Waals surface area (Å²) in [7, 11) is 0. The van der Waals surface area contributed by atoms with Crippen LogP contribution < -0.4 is 14.8 Å². The third kappa shape index (κ3) is 3.88. The fraction of sp³-hybridized carbons (Fsp3) is 0.533. The molecule has 1 aliphatic rings. The number of ether oxygens (including phenoxy) is 2. The lowest BCUT2D eigenvalue weighted by molar-refractivity contribution is 0.0942. The number of amides is 1. The van der Waals surface area contributed by atoms with Crippen molar-refractivity contribution in [3.63, 3.8) is 0 Å². The SMILES string of the molecule is CC(C)CC(Br)CNC(=O)c1cccc2c1OCCO2. The molecular formula is C15H20BrNO3. The highest BCUT2D eigenvalue weighted by Crippen LogP contribution is 2.33. The van der Waals surface area contributed by atoms with E-state index in [-0.39, 0.29) is 10.7 Å². The molecule has 1 amide bonds. The Labute approximate surface area is 128 Å². The second kappa shape index (κ2) is 6.97. The normalized spacial score (nSPS) is 15.0. The van der Waals surface area contributed by atoms with Crippen molar-refractivity contribution in [1.82, 2.24) is 5.32 Å². The quantitative estimate of drug-likeness (QED) is 0.837. The van der Waals surface area contributed by atoms with E-state index in [1.165, 1.54) is 0 Å². The third-order valence-electron chi connectivity index (χ3n) is 3.02. The van der Waals surface area contributed by atoms with Crippen LogP contribution in [0.1, 0.15) is 30.6 Å². The molecule has 20 heavy (non-hydrogen) atoms. The van der Waals surface area contributed by atoms with Gasteiger partial charge in [-0.1, -0.05) is 35.8 Å². The molecule has 110 valence electrons. The van der Waals surface area contributed by atoms with Gasteiger partial charge in [-0.25, -0.2) is 0 Å². The van der Waals surface area contributed by atoms with E-state index in [4.69, 9.17) is 9.47 Å². The van der Waals surface area contributed by atoms with Crippen LogP contribution in [0.15, 0.2) is 18.2 Å². The predicted octanol–water partition coefficient (Wildman–Crippen LogP) is 3.00. The van der Waals surface area contributed by atoms with Crippen molar-refractivity contribution in [1.29, 1.82) is 0 Å². The Morgan fingerprint density at radius 2 is 2.10 bits per heavy atom. The molecule has 0 saturated heterocycles. The fourth-order valence-corrected chi connectivity index (χ4v) is 3.06. The molecule has 1 atom stereocenters. The molecule has 1 heterocycles. The van der Waals surface area contributed by atoms with Crippen LogP contribution in [0.2, 0.25) is 0 Å². The molecule has 0 radical (unpaired) electrons. The maximum Gasteiger partial charge on any atom is 0.255 e. The van der Waals surface area contributed by atoms with E-state index in [9.17, 15) is 4.79 Å². The van der Waals surface area contributed by atoms with Crippen molar-refractivity contribution in [2.24, 2.45) is 5.92 Å². The summed E-state index contributed by atoms with van der Waals surface area (Å²) in [4.78, 5) is 12.5. The summed E-state index contributed by atoms with van der Waals surface area (Å²) in [5, 5.41) is 2.93. The van der Waals surface area contributed by atoms with Crippen molar-refractivity contribution in [3.05, 3.63) is 23.8 Å². The van der Waals surface area contributed by atoms with Crippen LogP contribution in [0.3, 0.4) is 0 Å². The molecule has 0 aromatic heterocycles. The molecule has 0 aliphatic carbocycles. The number of hydrogen-bond acceptors (Lipinski definition) is 3. The Bertz CT molecular complexity index is 476. The summed E-state index contributed by atoms with van der Waals surface area (Å²) < 4.78 is 11.0. The van der Waals surface area contributed by atoms with Gasteiger partial charge in [0, 0.05) is 11.4 Å². The first-order chi connectivity index (χ1) is 9.58. The lowest BCUT2D eigenvalue weighted by Gasteiger charge is -2.21. The van der Waals surface area contributed by atoms with Gasteiger partial charge in [-0.05, 0) is 24.5 Å². The summed E-state index contributed by atoms with van der Waals surface area (Å²) in [6.07, 6.45) is 1.02. The standard InChI is InChI=1S/C15H20BrNO3/c1-10(2)8-11(16)9-17-15(18)12-4-3-5-13-14(12)20-7-6-19-13/h3-5,10-11H,6-9H2,1-2H3,(H,17,18). The monoisotopic (exact) mass is 341 g/mol. The smallest absolute Gasteiger partial charge is 0.255 e. The minimum Gasteiger partial charge on any atom is -0.486 e. The van der Waals surface area contributed by atoms with Gasteiger partial charge < -0.3 is 14.8 Å². The average Bonchev–Trinajstić information content (AvgIpc) is 2.43. The summed E-state index contributed by atoms with van der Waals surface area (Å²) in [5.74, 6) is 1.66. The minimum absolute atomic E-state index is 0.124. The largest absolute Gasteiger partial charge is 0.486 e. The van der Waals surface area contributed by atoms with Gasteiger partial charge in [0.25, 0.3) is 5.91 Å². The molecule has 0 spiro atoms. The first-order valence-corrected chi connectivity index (χ1v) is 7.80. The van der Waals surface area contributed by atoms with Crippen molar-refractivity contribution in [2.45, 2.75) is 25.1 Å². The van der Waals surface area contributed by atoms with Crippen LogP contribution in [0.4, 0.5) is 0 Å². The molecule has 1 aromatic carbocycles. The Balaban J connectivity index is 1.99. The highest BCUT2D eigenvalue weighted by Gasteiger charge is 2.20. The number of carbonyl (C=O) groups is 1. The minimum atomic E-state index is -0.124. The highest BCUT2D eigenvalue weighted by molar-refractivity contribution is 9.09. The summed E-state index contributed by atoms with van der Waals surface area (Å²) >= 11 is 3.58. The molecule has 4 nitrogen and oxygen atoms in total. The lowest BCUT2D eigenvalue weighted by Crippen LogP contribution is -2.31.